The van der Waals surface area contributed by atoms with Crippen LogP contribution < -0.4 is 0 Å². The van der Waals surface area contributed by atoms with E-state index in [0.29, 0.717) is 0 Å². The molecule has 2 bridgehead atoms. The van der Waals surface area contributed by atoms with Gasteiger partial charge in [-0.25, -0.2) is 0 Å². The van der Waals surface area contributed by atoms with Crippen molar-refractivity contribution in [2.75, 3.05) is 7.11 Å². The van der Waals surface area contributed by atoms with Gasteiger partial charge in [-0.2, -0.15) is 0 Å². The van der Waals surface area contributed by atoms with Gasteiger partial charge in [-0.3, -0.25) is 9.59 Å². The van der Waals surface area contributed by atoms with Gasteiger partial charge in [0, 0.05) is 18.2 Å². The predicted molar refractivity (Wildman–Crippen MR) is 93.6 cm³/mol. The highest BCUT2D eigenvalue weighted by Gasteiger charge is 2.86. The zero-order valence-electron chi connectivity index (χ0n) is 12.1. The van der Waals surface area contributed by atoms with E-state index in [-0.39, 0.29) is 32.8 Å². The van der Waals surface area contributed by atoms with Crippen molar-refractivity contribution >= 4 is 69.6 Å². The molecule has 0 aromatic heterocycles. The molecule has 1 aromatic carbocycles. The standard InChI is InChI=1S/C16H9Cl5O3/c1-24-16(21)14(19)8-9(15(16,20)13(18)12(14)17)11(23)7-5-3-2-4-6(7)10(8)22/h2-5,8-9H,1H3/t8-,9+,14+,15-,16?. The topological polar surface area (TPSA) is 43.4 Å². The van der Waals surface area contributed by atoms with Gasteiger partial charge < -0.3 is 4.74 Å². The first-order valence-corrected chi connectivity index (χ1v) is 8.92. The Morgan fingerprint density at radius 1 is 0.875 bits per heavy atom. The van der Waals surface area contributed by atoms with Crippen LogP contribution in [0.4, 0.5) is 0 Å². The molecule has 0 aliphatic heterocycles. The van der Waals surface area contributed by atoms with E-state index in [9.17, 15) is 9.59 Å². The molecule has 1 fully saturated rings. The van der Waals surface area contributed by atoms with Crippen LogP contribution in [0.2, 0.25) is 0 Å². The normalized spacial score (nSPS) is 43.2. The van der Waals surface area contributed by atoms with Crippen LogP contribution in [0.15, 0.2) is 34.3 Å². The van der Waals surface area contributed by atoms with Crippen LogP contribution in [0, 0.1) is 11.8 Å². The molecule has 0 radical (unpaired) electrons. The van der Waals surface area contributed by atoms with Crippen LogP contribution in [0.5, 0.6) is 0 Å². The van der Waals surface area contributed by atoms with E-state index in [4.69, 9.17) is 62.7 Å². The van der Waals surface area contributed by atoms with E-state index in [1.165, 1.54) is 7.11 Å². The lowest BCUT2D eigenvalue weighted by Gasteiger charge is -2.37. The zero-order valence-corrected chi connectivity index (χ0v) is 15.9. The Bertz CT molecular complexity index is 787. The summed E-state index contributed by atoms with van der Waals surface area (Å²) in [6, 6.07) is 6.48. The molecule has 3 aliphatic carbocycles. The number of Topliss-reactive ketones (excluding diaryl/α,β-unsaturated/α-hetero) is 2. The first-order valence-electron chi connectivity index (χ1n) is 7.03. The first-order chi connectivity index (χ1) is 11.2. The Balaban J connectivity index is 2.08. The summed E-state index contributed by atoms with van der Waals surface area (Å²) in [6.45, 7) is 0. The summed E-state index contributed by atoms with van der Waals surface area (Å²) in [5.41, 5.74) is 0.541. The maximum absolute atomic E-state index is 13.1. The van der Waals surface area contributed by atoms with Crippen molar-refractivity contribution in [3.8, 4) is 0 Å². The third-order valence-corrected chi connectivity index (χ3v) is 8.85. The van der Waals surface area contributed by atoms with Gasteiger partial charge in [-0.05, 0) is 0 Å². The number of hydrogen-bond acceptors (Lipinski definition) is 3. The van der Waals surface area contributed by atoms with Gasteiger partial charge in [-0.1, -0.05) is 59.1 Å². The molecular weight excluding hydrogens is 417 g/mol. The van der Waals surface area contributed by atoms with Gasteiger partial charge in [0.2, 0.25) is 0 Å². The van der Waals surface area contributed by atoms with Crippen LogP contribution in [-0.2, 0) is 4.74 Å². The van der Waals surface area contributed by atoms with Crippen molar-refractivity contribution in [1.82, 2.24) is 0 Å². The third-order valence-electron chi connectivity index (χ3n) is 5.26. The van der Waals surface area contributed by atoms with Crippen molar-refractivity contribution in [2.45, 2.75) is 14.8 Å². The lowest BCUT2D eigenvalue weighted by atomic mass is 9.69. The van der Waals surface area contributed by atoms with Crippen LogP contribution in [0.3, 0.4) is 0 Å². The lowest BCUT2D eigenvalue weighted by molar-refractivity contribution is 0.0409. The summed E-state index contributed by atoms with van der Waals surface area (Å²) >= 11 is 32.8. The molecule has 0 saturated heterocycles. The summed E-state index contributed by atoms with van der Waals surface area (Å²) in [7, 11) is 1.29. The molecule has 3 aliphatic rings. The van der Waals surface area contributed by atoms with Gasteiger partial charge in [0.1, 0.15) is 9.75 Å². The molecule has 0 amide bonds. The highest BCUT2D eigenvalue weighted by molar-refractivity contribution is 6.58. The number of ether oxygens (including phenoxy) is 1. The number of carbonyl (C=O) groups excluding carboxylic acids is 2. The van der Waals surface area contributed by atoms with Gasteiger partial charge in [-0.15, -0.1) is 23.2 Å². The number of methoxy groups -OCH3 is 1. The van der Waals surface area contributed by atoms with Gasteiger partial charge in [0.15, 0.2) is 16.6 Å². The highest BCUT2D eigenvalue weighted by atomic mass is 35.5. The summed E-state index contributed by atoms with van der Waals surface area (Å²) in [5.74, 6) is -2.83. The van der Waals surface area contributed by atoms with E-state index in [1.54, 1.807) is 24.3 Å². The number of alkyl halides is 3. The maximum atomic E-state index is 13.1. The molecular formula is C16H9Cl5O3. The maximum Gasteiger partial charge on any atom is 0.190 e. The van der Waals surface area contributed by atoms with Crippen LogP contribution in [-0.4, -0.2) is 33.5 Å². The van der Waals surface area contributed by atoms with Crippen molar-refractivity contribution in [2.24, 2.45) is 11.8 Å². The Hall–Kier alpha value is -0.290. The summed E-state index contributed by atoms with van der Waals surface area (Å²) in [6.07, 6.45) is 0. The molecule has 24 heavy (non-hydrogen) atoms. The number of hydrogen-bond donors (Lipinski definition) is 0. The Morgan fingerprint density at radius 2 is 1.25 bits per heavy atom. The largest absolute Gasteiger partial charge is 0.358 e. The summed E-state index contributed by atoms with van der Waals surface area (Å²) in [4.78, 5) is 22.8. The minimum atomic E-state index is -1.83. The molecule has 126 valence electrons. The van der Waals surface area contributed by atoms with Crippen molar-refractivity contribution < 1.29 is 14.3 Å². The Kier molecular flexibility index (Phi) is 3.50. The van der Waals surface area contributed by atoms with Crippen LogP contribution in [0.1, 0.15) is 20.7 Å². The molecule has 5 atom stereocenters. The van der Waals surface area contributed by atoms with E-state index in [0.717, 1.165) is 0 Å². The zero-order chi connectivity index (χ0) is 17.7. The van der Waals surface area contributed by atoms with Gasteiger partial charge in [0.25, 0.3) is 0 Å². The fourth-order valence-electron chi connectivity index (χ4n) is 4.21. The van der Waals surface area contributed by atoms with Gasteiger partial charge >= 0.3 is 0 Å². The molecule has 1 unspecified atom stereocenters. The molecule has 1 aromatic rings. The number of ketones is 2. The van der Waals surface area contributed by atoms with Crippen molar-refractivity contribution in [3.05, 3.63) is 45.5 Å². The first kappa shape index (κ1) is 17.1. The smallest absolute Gasteiger partial charge is 0.190 e. The predicted octanol–water partition coefficient (Wildman–Crippen LogP) is 4.55. The highest BCUT2D eigenvalue weighted by Crippen LogP contribution is 2.76. The van der Waals surface area contributed by atoms with Crippen molar-refractivity contribution in [1.29, 1.82) is 0 Å². The second-order valence-electron chi connectivity index (χ2n) is 6.08. The SMILES string of the molecule is COC1(Cl)[C@@]2(Cl)C(Cl)=C(Cl)[C@]1(Cl)[C@@H]1C(=O)c3ccccc3C(=O)[C@@H]12. The quantitative estimate of drug-likeness (QED) is 0.619. The molecule has 0 spiro atoms. The lowest BCUT2D eigenvalue weighted by Crippen LogP contribution is -2.51. The van der Waals surface area contributed by atoms with E-state index in [1.807, 2.05) is 0 Å². The van der Waals surface area contributed by atoms with Crippen LogP contribution in [0.25, 0.3) is 0 Å². The number of carbonyl (C=O) groups is 2. The number of fused-ring (bicyclic) bond motifs is 6. The molecule has 0 heterocycles. The molecule has 1 saturated carbocycles. The van der Waals surface area contributed by atoms with Crippen molar-refractivity contribution in [3.63, 3.8) is 0 Å². The second-order valence-corrected chi connectivity index (χ2v) is 8.56. The summed E-state index contributed by atoms with van der Waals surface area (Å²) < 4.78 is 5.41. The molecule has 4 rings (SSSR count). The van der Waals surface area contributed by atoms with Gasteiger partial charge in [0.05, 0.1) is 21.9 Å². The molecule has 8 heteroatoms. The number of rotatable bonds is 1. The third kappa shape index (κ3) is 1.47. The fraction of sp³-hybridized carbons (Fsp3) is 0.375. The molecule has 0 N–H and O–H groups in total. The Labute approximate surface area is 162 Å². The van der Waals surface area contributed by atoms with E-state index >= 15 is 0 Å². The summed E-state index contributed by atoms with van der Waals surface area (Å²) in [5, 5.41) is -1.95. The minimum Gasteiger partial charge on any atom is -0.358 e. The average molecular weight is 427 g/mol. The minimum absolute atomic E-state index is 0.0561. The average Bonchev–Trinajstić information content (AvgIpc) is 2.82. The Morgan fingerprint density at radius 3 is 1.58 bits per heavy atom. The monoisotopic (exact) mass is 424 g/mol. The number of halogens is 5. The van der Waals surface area contributed by atoms with Crippen LogP contribution >= 0.6 is 58.0 Å². The van der Waals surface area contributed by atoms with E-state index < -0.39 is 26.6 Å². The number of benzene rings is 1. The van der Waals surface area contributed by atoms with E-state index in [2.05, 4.69) is 0 Å². The fourth-order valence-corrected chi connectivity index (χ4v) is 6.76. The molecule has 3 nitrogen and oxygen atoms in total. The second kappa shape index (κ2) is 4.91.